The van der Waals surface area contributed by atoms with E-state index in [9.17, 15) is 4.79 Å². The number of thioether (sulfide) groups is 1. The summed E-state index contributed by atoms with van der Waals surface area (Å²) in [5, 5.41) is 2.09. The van der Waals surface area contributed by atoms with Crippen molar-refractivity contribution in [3.8, 4) is 10.4 Å². The molecule has 116 valence electrons. The second-order valence-electron chi connectivity index (χ2n) is 5.74. The zero-order valence-electron chi connectivity index (χ0n) is 12.8. The Morgan fingerprint density at radius 2 is 2.04 bits per heavy atom. The second kappa shape index (κ2) is 6.06. The van der Waals surface area contributed by atoms with Crippen LogP contribution in [-0.4, -0.2) is 21.0 Å². The van der Waals surface area contributed by atoms with Gasteiger partial charge in [0.25, 0.3) is 0 Å². The van der Waals surface area contributed by atoms with Crippen molar-refractivity contribution >= 4 is 39.1 Å². The third-order valence-electron chi connectivity index (χ3n) is 4.03. The summed E-state index contributed by atoms with van der Waals surface area (Å²) in [6, 6.07) is 12.5. The molecule has 0 unspecified atom stereocenters. The van der Waals surface area contributed by atoms with E-state index in [4.69, 9.17) is 0 Å². The van der Waals surface area contributed by atoms with Crippen LogP contribution in [0.1, 0.15) is 25.1 Å². The van der Waals surface area contributed by atoms with E-state index in [0.29, 0.717) is 12.2 Å². The molecule has 0 spiro atoms. The van der Waals surface area contributed by atoms with Gasteiger partial charge in [0.2, 0.25) is 0 Å². The van der Waals surface area contributed by atoms with Gasteiger partial charge in [-0.25, -0.2) is 9.97 Å². The minimum absolute atomic E-state index is 0.0626. The van der Waals surface area contributed by atoms with Gasteiger partial charge in [0, 0.05) is 16.7 Å². The Morgan fingerprint density at radius 3 is 2.78 bits per heavy atom. The summed E-state index contributed by atoms with van der Waals surface area (Å²) in [6.07, 6.45) is 2.68. The Labute approximate surface area is 143 Å². The smallest absolute Gasteiger partial charge is 0.146 e. The van der Waals surface area contributed by atoms with E-state index in [0.717, 1.165) is 33.9 Å². The lowest BCUT2D eigenvalue weighted by molar-refractivity contribution is -0.116. The van der Waals surface area contributed by atoms with Crippen molar-refractivity contribution < 1.29 is 4.79 Å². The predicted molar refractivity (Wildman–Crippen MR) is 96.1 cm³/mol. The third kappa shape index (κ3) is 2.91. The van der Waals surface area contributed by atoms with Gasteiger partial charge in [0.1, 0.15) is 21.5 Å². The lowest BCUT2D eigenvalue weighted by Gasteiger charge is -2.08. The molecule has 1 aliphatic carbocycles. The van der Waals surface area contributed by atoms with Crippen LogP contribution < -0.4 is 0 Å². The lowest BCUT2D eigenvalue weighted by atomic mass is 10.2. The van der Waals surface area contributed by atoms with Crippen molar-refractivity contribution in [3.05, 3.63) is 42.2 Å². The number of aryl methyl sites for hydroxylation is 1. The Morgan fingerprint density at radius 1 is 1.22 bits per heavy atom. The highest BCUT2D eigenvalue weighted by molar-refractivity contribution is 8.00. The van der Waals surface area contributed by atoms with Crippen LogP contribution in [0.5, 0.6) is 0 Å². The predicted octanol–water partition coefficient (Wildman–Crippen LogP) is 4.88. The summed E-state index contributed by atoms with van der Waals surface area (Å²) in [5.74, 6) is 1.13. The lowest BCUT2D eigenvalue weighted by Crippen LogP contribution is -2.08. The van der Waals surface area contributed by atoms with E-state index in [1.54, 1.807) is 23.1 Å². The van der Waals surface area contributed by atoms with Crippen molar-refractivity contribution in [1.82, 2.24) is 9.97 Å². The topological polar surface area (TPSA) is 42.9 Å². The highest BCUT2D eigenvalue weighted by Crippen LogP contribution is 2.39. The van der Waals surface area contributed by atoms with E-state index in [2.05, 4.69) is 28.2 Å². The van der Waals surface area contributed by atoms with E-state index in [1.807, 2.05) is 25.1 Å². The molecule has 1 fully saturated rings. The van der Waals surface area contributed by atoms with Crippen LogP contribution in [0, 0.1) is 6.92 Å². The monoisotopic (exact) mass is 340 g/mol. The van der Waals surface area contributed by atoms with Crippen LogP contribution in [0.4, 0.5) is 0 Å². The van der Waals surface area contributed by atoms with Crippen LogP contribution in [0.25, 0.3) is 20.7 Å². The van der Waals surface area contributed by atoms with Gasteiger partial charge in [-0.05, 0) is 31.4 Å². The Bertz CT molecular complexity index is 873. The summed E-state index contributed by atoms with van der Waals surface area (Å²) >= 11 is 3.31. The standard InChI is InChI=1S/C18H16N2OS2/c1-11-19-17(22-15-9-5-8-14(15)21)13-10-16(23-18(13)20-11)12-6-3-2-4-7-12/h2-4,6-7,10,15H,5,8-9H2,1H3/t15-/m1/s1. The first-order valence-corrected chi connectivity index (χ1v) is 9.43. The van der Waals surface area contributed by atoms with Crippen LogP contribution in [0.15, 0.2) is 41.4 Å². The molecule has 1 atom stereocenters. The summed E-state index contributed by atoms with van der Waals surface area (Å²) < 4.78 is 0. The number of carbonyl (C=O) groups excluding carboxylic acids is 1. The molecule has 0 aliphatic heterocycles. The largest absolute Gasteiger partial charge is 0.298 e. The van der Waals surface area contributed by atoms with Gasteiger partial charge in [-0.2, -0.15) is 0 Å². The van der Waals surface area contributed by atoms with E-state index in [-0.39, 0.29) is 5.25 Å². The number of carbonyl (C=O) groups is 1. The van der Waals surface area contributed by atoms with Gasteiger partial charge in [0.15, 0.2) is 0 Å². The van der Waals surface area contributed by atoms with Gasteiger partial charge in [-0.1, -0.05) is 42.1 Å². The average Bonchev–Trinajstić information content (AvgIpc) is 3.15. The summed E-state index contributed by atoms with van der Waals surface area (Å²) in [6.45, 7) is 1.92. The maximum atomic E-state index is 12.0. The molecule has 2 heterocycles. The molecule has 0 N–H and O–H groups in total. The van der Waals surface area contributed by atoms with E-state index < -0.39 is 0 Å². The highest BCUT2D eigenvalue weighted by atomic mass is 32.2. The molecule has 1 aromatic carbocycles. The Balaban J connectivity index is 1.78. The third-order valence-corrected chi connectivity index (χ3v) is 6.43. The number of thiophene rings is 1. The quantitative estimate of drug-likeness (QED) is 0.637. The fraction of sp³-hybridized carbons (Fsp3) is 0.278. The van der Waals surface area contributed by atoms with Crippen LogP contribution in [0.2, 0.25) is 0 Å². The number of ketones is 1. The molecule has 0 bridgehead atoms. The maximum Gasteiger partial charge on any atom is 0.146 e. The van der Waals surface area contributed by atoms with E-state index in [1.165, 1.54) is 10.4 Å². The zero-order valence-corrected chi connectivity index (χ0v) is 14.4. The highest BCUT2D eigenvalue weighted by Gasteiger charge is 2.27. The fourth-order valence-electron chi connectivity index (χ4n) is 2.87. The zero-order chi connectivity index (χ0) is 15.8. The second-order valence-corrected chi connectivity index (χ2v) is 7.96. The normalized spacial score (nSPS) is 18.0. The first kappa shape index (κ1) is 14.8. The van der Waals surface area contributed by atoms with Gasteiger partial charge in [-0.3, -0.25) is 4.79 Å². The molecule has 0 amide bonds. The first-order valence-electron chi connectivity index (χ1n) is 7.74. The molecule has 23 heavy (non-hydrogen) atoms. The van der Waals surface area contributed by atoms with Crippen molar-refractivity contribution in [3.63, 3.8) is 0 Å². The van der Waals surface area contributed by atoms with Crippen LogP contribution in [0.3, 0.4) is 0 Å². The summed E-state index contributed by atoms with van der Waals surface area (Å²) in [4.78, 5) is 23.4. The Kier molecular flexibility index (Phi) is 3.91. The Hall–Kier alpha value is -1.72. The number of aromatic nitrogens is 2. The fourth-order valence-corrected chi connectivity index (χ4v) is 5.29. The van der Waals surface area contributed by atoms with Crippen LogP contribution >= 0.6 is 23.1 Å². The number of benzene rings is 1. The number of fused-ring (bicyclic) bond motifs is 1. The minimum Gasteiger partial charge on any atom is -0.298 e. The number of rotatable bonds is 3. The van der Waals surface area contributed by atoms with Crippen molar-refractivity contribution in [1.29, 1.82) is 0 Å². The SMILES string of the molecule is Cc1nc(S[C@@H]2CCCC2=O)c2cc(-c3ccccc3)sc2n1. The average molecular weight is 340 g/mol. The maximum absolute atomic E-state index is 12.0. The molecular weight excluding hydrogens is 324 g/mol. The molecule has 5 heteroatoms. The van der Waals surface area contributed by atoms with Gasteiger partial charge in [0.05, 0.1) is 5.25 Å². The molecule has 0 saturated heterocycles. The molecule has 1 saturated carbocycles. The van der Waals surface area contributed by atoms with E-state index >= 15 is 0 Å². The first-order chi connectivity index (χ1) is 11.2. The molecule has 3 aromatic rings. The molecule has 3 nitrogen and oxygen atoms in total. The summed E-state index contributed by atoms with van der Waals surface area (Å²) in [7, 11) is 0. The van der Waals surface area contributed by atoms with Gasteiger partial charge >= 0.3 is 0 Å². The minimum atomic E-state index is 0.0626. The molecular formula is C18H16N2OS2. The number of hydrogen-bond acceptors (Lipinski definition) is 5. The molecule has 1 aliphatic rings. The van der Waals surface area contributed by atoms with Crippen LogP contribution in [-0.2, 0) is 4.79 Å². The number of nitrogens with zero attached hydrogens (tertiary/aromatic N) is 2. The number of hydrogen-bond donors (Lipinski definition) is 0. The van der Waals surface area contributed by atoms with Gasteiger partial charge in [-0.15, -0.1) is 11.3 Å². The van der Waals surface area contributed by atoms with Crippen molar-refractivity contribution in [2.75, 3.05) is 0 Å². The molecule has 4 rings (SSSR count). The molecule has 2 aromatic heterocycles. The van der Waals surface area contributed by atoms with Crippen molar-refractivity contribution in [2.24, 2.45) is 0 Å². The molecule has 0 radical (unpaired) electrons. The van der Waals surface area contributed by atoms with Crippen molar-refractivity contribution in [2.45, 2.75) is 36.5 Å². The van der Waals surface area contributed by atoms with Gasteiger partial charge < -0.3 is 0 Å². The number of Topliss-reactive ketones (excluding diaryl/α,β-unsaturated/α-hetero) is 1. The summed E-state index contributed by atoms with van der Waals surface area (Å²) in [5.41, 5.74) is 1.20.